The molecule has 18 heavy (non-hydrogen) atoms. The summed E-state index contributed by atoms with van der Waals surface area (Å²) >= 11 is 0. The highest BCUT2D eigenvalue weighted by Crippen LogP contribution is 2.42. The van der Waals surface area contributed by atoms with Crippen molar-refractivity contribution in [1.29, 1.82) is 0 Å². The molecule has 0 rings (SSSR count). The molecule has 0 amide bonds. The molecule has 0 aliphatic rings. The Morgan fingerprint density at radius 1 is 1.11 bits per heavy atom. The fourth-order valence-electron chi connectivity index (χ4n) is 2.66. The summed E-state index contributed by atoms with van der Waals surface area (Å²) < 4.78 is 0. The second-order valence-electron chi connectivity index (χ2n) is 6.54. The van der Waals surface area contributed by atoms with Crippen molar-refractivity contribution in [2.45, 2.75) is 66.8 Å². The minimum absolute atomic E-state index is 0.429. The molecule has 0 aliphatic carbocycles. The van der Waals surface area contributed by atoms with Crippen LogP contribution >= 0.6 is 0 Å². The van der Waals surface area contributed by atoms with E-state index in [1.165, 1.54) is 19.3 Å². The van der Waals surface area contributed by atoms with Gasteiger partial charge < -0.3 is 4.90 Å². The van der Waals surface area contributed by atoms with Gasteiger partial charge in [-0.1, -0.05) is 39.8 Å². The predicted octanol–water partition coefficient (Wildman–Crippen LogP) is 4.98. The fraction of sp³-hybridized carbons (Fsp3) is 0.882. The highest BCUT2D eigenvalue weighted by molar-refractivity contribution is 4.97. The second kappa shape index (κ2) is 7.99. The molecule has 0 aromatic rings. The molecule has 3 atom stereocenters. The van der Waals surface area contributed by atoms with E-state index < -0.39 is 0 Å². The quantitative estimate of drug-likeness (QED) is 0.551. The number of nitrogens with zero attached hydrogens (tertiary/aromatic N) is 1. The van der Waals surface area contributed by atoms with Crippen molar-refractivity contribution < 1.29 is 0 Å². The van der Waals surface area contributed by atoms with Crippen molar-refractivity contribution in [3.05, 3.63) is 12.2 Å². The van der Waals surface area contributed by atoms with Gasteiger partial charge >= 0.3 is 0 Å². The smallest absolute Gasteiger partial charge is 0.00610 e. The Bertz CT molecular complexity index is 242. The number of rotatable bonds is 8. The van der Waals surface area contributed by atoms with Gasteiger partial charge in [0.05, 0.1) is 0 Å². The molecule has 0 fully saturated rings. The maximum atomic E-state index is 2.46. The standard InChI is InChI=1S/C17H35N/c1-9-11-16(13-12-15(5)18(7)8)17(6,10-2)14(3)4/h9,11,14-16H,10,12-13H2,1-8H3/b11-9-. The zero-order valence-electron chi connectivity index (χ0n) is 14.0. The van der Waals surface area contributed by atoms with E-state index in [4.69, 9.17) is 0 Å². The minimum Gasteiger partial charge on any atom is -0.307 e. The normalized spacial score (nSPS) is 19.4. The van der Waals surface area contributed by atoms with Crippen LogP contribution < -0.4 is 0 Å². The van der Waals surface area contributed by atoms with E-state index in [1.54, 1.807) is 0 Å². The van der Waals surface area contributed by atoms with E-state index in [9.17, 15) is 0 Å². The average Bonchev–Trinajstić information content (AvgIpc) is 2.32. The zero-order chi connectivity index (χ0) is 14.3. The molecular formula is C17H35N. The molecule has 0 aliphatic heterocycles. The minimum atomic E-state index is 0.429. The van der Waals surface area contributed by atoms with Gasteiger partial charge in [-0.15, -0.1) is 0 Å². The monoisotopic (exact) mass is 253 g/mol. The summed E-state index contributed by atoms with van der Waals surface area (Å²) in [5, 5.41) is 0. The van der Waals surface area contributed by atoms with Crippen LogP contribution in [0.5, 0.6) is 0 Å². The third-order valence-corrected chi connectivity index (χ3v) is 5.13. The van der Waals surface area contributed by atoms with Gasteiger partial charge in [-0.25, -0.2) is 0 Å². The highest BCUT2D eigenvalue weighted by Gasteiger charge is 2.33. The first-order chi connectivity index (χ1) is 8.29. The summed E-state index contributed by atoms with van der Waals surface area (Å²) in [7, 11) is 4.35. The van der Waals surface area contributed by atoms with Crippen molar-refractivity contribution in [2.75, 3.05) is 14.1 Å². The lowest BCUT2D eigenvalue weighted by atomic mass is 9.65. The van der Waals surface area contributed by atoms with Crippen LogP contribution in [0.1, 0.15) is 60.8 Å². The zero-order valence-corrected chi connectivity index (χ0v) is 14.0. The molecule has 0 saturated carbocycles. The fourth-order valence-corrected chi connectivity index (χ4v) is 2.66. The van der Waals surface area contributed by atoms with Crippen molar-refractivity contribution in [1.82, 2.24) is 4.90 Å². The summed E-state index contributed by atoms with van der Waals surface area (Å²) in [4.78, 5) is 2.32. The first-order valence-electron chi connectivity index (χ1n) is 7.58. The molecule has 0 aromatic carbocycles. The van der Waals surface area contributed by atoms with E-state index in [0.717, 1.165) is 5.92 Å². The van der Waals surface area contributed by atoms with Crippen molar-refractivity contribution in [2.24, 2.45) is 17.3 Å². The number of hydrogen-bond donors (Lipinski definition) is 0. The summed E-state index contributed by atoms with van der Waals surface area (Å²) in [6.45, 7) is 14.0. The van der Waals surface area contributed by atoms with Gasteiger partial charge in [0.1, 0.15) is 0 Å². The van der Waals surface area contributed by atoms with Gasteiger partial charge in [0.2, 0.25) is 0 Å². The predicted molar refractivity (Wildman–Crippen MR) is 83.9 cm³/mol. The Balaban J connectivity index is 4.75. The second-order valence-corrected chi connectivity index (χ2v) is 6.54. The summed E-state index contributed by atoms with van der Waals surface area (Å²) in [5.41, 5.74) is 0.429. The van der Waals surface area contributed by atoms with E-state index in [1.807, 2.05) is 0 Å². The lowest BCUT2D eigenvalue weighted by Crippen LogP contribution is -2.33. The average molecular weight is 253 g/mol. The van der Waals surface area contributed by atoms with Crippen LogP contribution in [0.25, 0.3) is 0 Å². The van der Waals surface area contributed by atoms with Crippen LogP contribution in [-0.2, 0) is 0 Å². The molecule has 3 unspecified atom stereocenters. The Kier molecular flexibility index (Phi) is 7.86. The van der Waals surface area contributed by atoms with Crippen LogP contribution in [0, 0.1) is 17.3 Å². The summed E-state index contributed by atoms with van der Waals surface area (Å²) in [6.07, 6.45) is 8.51. The third-order valence-electron chi connectivity index (χ3n) is 5.13. The molecule has 0 saturated heterocycles. The van der Waals surface area contributed by atoms with Gasteiger partial charge in [-0.05, 0) is 64.5 Å². The maximum Gasteiger partial charge on any atom is 0.00610 e. The lowest BCUT2D eigenvalue weighted by Gasteiger charge is -2.40. The van der Waals surface area contributed by atoms with Crippen LogP contribution in [0.2, 0.25) is 0 Å². The van der Waals surface area contributed by atoms with Crippen LogP contribution in [0.3, 0.4) is 0 Å². The third kappa shape index (κ3) is 4.76. The molecule has 0 heterocycles. The first kappa shape index (κ1) is 17.7. The van der Waals surface area contributed by atoms with Crippen molar-refractivity contribution >= 4 is 0 Å². The Hall–Kier alpha value is -0.300. The number of hydrogen-bond acceptors (Lipinski definition) is 1. The van der Waals surface area contributed by atoms with Gasteiger partial charge in [0, 0.05) is 6.04 Å². The summed E-state index contributed by atoms with van der Waals surface area (Å²) in [5.74, 6) is 1.44. The molecule has 1 nitrogen and oxygen atoms in total. The molecule has 0 bridgehead atoms. The number of allylic oxidation sites excluding steroid dienone is 2. The van der Waals surface area contributed by atoms with Gasteiger partial charge in [-0.3, -0.25) is 0 Å². The molecule has 0 N–H and O–H groups in total. The molecule has 0 aromatic heterocycles. The Labute approximate surface area is 116 Å². The SMILES string of the molecule is C/C=C\C(CCC(C)N(C)C)C(C)(CC)C(C)C. The lowest BCUT2D eigenvalue weighted by molar-refractivity contribution is 0.122. The molecule has 0 spiro atoms. The molecular weight excluding hydrogens is 218 g/mol. The van der Waals surface area contributed by atoms with Crippen molar-refractivity contribution in [3.8, 4) is 0 Å². The van der Waals surface area contributed by atoms with Gasteiger partial charge in [0.25, 0.3) is 0 Å². The van der Waals surface area contributed by atoms with Crippen LogP contribution in [-0.4, -0.2) is 25.0 Å². The maximum absolute atomic E-state index is 2.46. The Morgan fingerprint density at radius 3 is 2.00 bits per heavy atom. The summed E-state index contributed by atoms with van der Waals surface area (Å²) in [6, 6.07) is 0.672. The van der Waals surface area contributed by atoms with Gasteiger partial charge in [0.15, 0.2) is 0 Å². The largest absolute Gasteiger partial charge is 0.307 e. The van der Waals surface area contributed by atoms with E-state index >= 15 is 0 Å². The molecule has 108 valence electrons. The van der Waals surface area contributed by atoms with Crippen LogP contribution in [0.4, 0.5) is 0 Å². The topological polar surface area (TPSA) is 3.24 Å². The molecule has 0 radical (unpaired) electrons. The van der Waals surface area contributed by atoms with E-state index in [2.05, 4.69) is 72.7 Å². The first-order valence-corrected chi connectivity index (χ1v) is 7.58. The van der Waals surface area contributed by atoms with Crippen LogP contribution in [0.15, 0.2) is 12.2 Å². The van der Waals surface area contributed by atoms with E-state index in [-0.39, 0.29) is 0 Å². The van der Waals surface area contributed by atoms with Crippen molar-refractivity contribution in [3.63, 3.8) is 0 Å². The highest BCUT2D eigenvalue weighted by atomic mass is 15.1. The van der Waals surface area contributed by atoms with Gasteiger partial charge in [-0.2, -0.15) is 0 Å². The van der Waals surface area contributed by atoms with E-state index in [0.29, 0.717) is 17.4 Å². The molecule has 1 heteroatoms. The Morgan fingerprint density at radius 2 is 1.67 bits per heavy atom.